The summed E-state index contributed by atoms with van der Waals surface area (Å²) in [5.74, 6) is 0.808. The molecule has 0 aliphatic heterocycles. The first kappa shape index (κ1) is 11.1. The van der Waals surface area contributed by atoms with Crippen LogP contribution in [0, 0.1) is 0 Å². The number of hydrogen-bond acceptors (Lipinski definition) is 4. The second kappa shape index (κ2) is 5.07. The van der Waals surface area contributed by atoms with Crippen molar-refractivity contribution < 1.29 is 5.11 Å². The minimum Gasteiger partial charge on any atom is -0.391 e. The number of nitrogens with one attached hydrogen (secondary N) is 1. The van der Waals surface area contributed by atoms with Crippen LogP contribution < -0.4 is 5.32 Å². The van der Waals surface area contributed by atoms with Gasteiger partial charge in [-0.2, -0.15) is 5.10 Å². The third kappa shape index (κ3) is 3.43. The zero-order valence-corrected chi connectivity index (χ0v) is 8.94. The van der Waals surface area contributed by atoms with E-state index in [0.29, 0.717) is 19.0 Å². The van der Waals surface area contributed by atoms with Gasteiger partial charge < -0.3 is 10.4 Å². The van der Waals surface area contributed by atoms with E-state index < -0.39 is 6.10 Å². The molecule has 1 heterocycles. The zero-order chi connectivity index (χ0) is 10.6. The molecule has 0 spiro atoms. The fraction of sp³-hybridized carbons (Fsp3) is 0.778. The first-order valence-electron chi connectivity index (χ1n) is 4.84. The van der Waals surface area contributed by atoms with Gasteiger partial charge in [-0.05, 0) is 0 Å². The van der Waals surface area contributed by atoms with Crippen LogP contribution in [0.4, 0.5) is 0 Å². The minimum absolute atomic E-state index is 0.393. The highest BCUT2D eigenvalue weighted by Crippen LogP contribution is 1.97. The van der Waals surface area contributed by atoms with Gasteiger partial charge in [-0.15, -0.1) is 0 Å². The Morgan fingerprint density at radius 2 is 2.29 bits per heavy atom. The maximum Gasteiger partial charge on any atom is 0.138 e. The Bertz CT molecular complexity index is 272. The monoisotopic (exact) mass is 198 g/mol. The maximum atomic E-state index is 9.65. The molecule has 0 saturated carbocycles. The van der Waals surface area contributed by atoms with Gasteiger partial charge in [0.05, 0.1) is 6.10 Å². The third-order valence-corrected chi connectivity index (χ3v) is 1.99. The normalized spacial score (nSPS) is 13.5. The topological polar surface area (TPSA) is 63.0 Å². The molecule has 0 aromatic carbocycles. The highest BCUT2D eigenvalue weighted by atomic mass is 16.3. The van der Waals surface area contributed by atoms with Crippen molar-refractivity contribution in [3.8, 4) is 0 Å². The number of hydrogen-bond donors (Lipinski definition) is 2. The van der Waals surface area contributed by atoms with Crippen LogP contribution in [0.1, 0.15) is 19.7 Å². The van der Waals surface area contributed by atoms with Crippen molar-refractivity contribution >= 4 is 0 Å². The second-order valence-electron chi connectivity index (χ2n) is 3.72. The van der Waals surface area contributed by atoms with Crippen molar-refractivity contribution in [2.45, 2.75) is 32.4 Å². The first-order valence-corrected chi connectivity index (χ1v) is 4.84. The van der Waals surface area contributed by atoms with Crippen molar-refractivity contribution in [3.63, 3.8) is 0 Å². The lowest BCUT2D eigenvalue weighted by atomic mass is 10.2. The molecular weight excluding hydrogens is 180 g/mol. The Morgan fingerprint density at radius 3 is 2.79 bits per heavy atom. The molecule has 1 unspecified atom stereocenters. The molecule has 0 radical (unpaired) electrons. The van der Waals surface area contributed by atoms with E-state index in [1.807, 2.05) is 7.05 Å². The minimum atomic E-state index is -0.403. The van der Waals surface area contributed by atoms with Crippen molar-refractivity contribution in [2.75, 3.05) is 6.54 Å². The highest BCUT2D eigenvalue weighted by molar-refractivity contribution is 4.86. The summed E-state index contributed by atoms with van der Waals surface area (Å²) in [5.41, 5.74) is 0. The highest BCUT2D eigenvalue weighted by Gasteiger charge is 2.09. The number of aliphatic hydroxyl groups is 1. The van der Waals surface area contributed by atoms with E-state index in [1.165, 1.54) is 6.33 Å². The molecule has 1 atom stereocenters. The van der Waals surface area contributed by atoms with Gasteiger partial charge in [0.25, 0.3) is 0 Å². The predicted octanol–water partition coefficient (Wildman–Crippen LogP) is -0.284. The summed E-state index contributed by atoms with van der Waals surface area (Å²) >= 11 is 0. The van der Waals surface area contributed by atoms with Gasteiger partial charge in [0.1, 0.15) is 12.2 Å². The summed E-state index contributed by atoms with van der Waals surface area (Å²) in [6.07, 6.45) is 1.63. The van der Waals surface area contributed by atoms with Crippen LogP contribution in [0.25, 0.3) is 0 Å². The Labute approximate surface area is 84.2 Å². The molecule has 0 fully saturated rings. The fourth-order valence-corrected chi connectivity index (χ4v) is 1.16. The Morgan fingerprint density at radius 1 is 1.57 bits per heavy atom. The van der Waals surface area contributed by atoms with Crippen LogP contribution in [0.15, 0.2) is 6.33 Å². The number of nitrogens with zero attached hydrogens (tertiary/aromatic N) is 3. The van der Waals surface area contributed by atoms with E-state index in [-0.39, 0.29) is 0 Å². The van der Waals surface area contributed by atoms with Crippen LogP contribution >= 0.6 is 0 Å². The van der Waals surface area contributed by atoms with Crippen LogP contribution in [-0.4, -0.2) is 38.6 Å². The molecule has 80 valence electrons. The van der Waals surface area contributed by atoms with E-state index in [0.717, 1.165) is 5.82 Å². The third-order valence-electron chi connectivity index (χ3n) is 1.99. The van der Waals surface area contributed by atoms with Crippen LogP contribution in [0.3, 0.4) is 0 Å². The number of aryl methyl sites for hydroxylation is 1. The van der Waals surface area contributed by atoms with E-state index in [4.69, 9.17) is 0 Å². The van der Waals surface area contributed by atoms with Crippen molar-refractivity contribution in [2.24, 2.45) is 7.05 Å². The lowest BCUT2D eigenvalue weighted by Gasteiger charge is -2.13. The molecule has 2 N–H and O–H groups in total. The van der Waals surface area contributed by atoms with Crippen molar-refractivity contribution in [1.82, 2.24) is 20.1 Å². The number of rotatable bonds is 5. The lowest BCUT2D eigenvalue weighted by Crippen LogP contribution is -2.33. The van der Waals surface area contributed by atoms with Crippen molar-refractivity contribution in [3.05, 3.63) is 12.2 Å². The predicted molar refractivity (Wildman–Crippen MR) is 53.9 cm³/mol. The molecule has 0 aliphatic carbocycles. The summed E-state index contributed by atoms with van der Waals surface area (Å²) in [4.78, 5) is 4.05. The van der Waals surface area contributed by atoms with Gasteiger partial charge in [0.15, 0.2) is 0 Å². The molecule has 0 saturated heterocycles. The van der Waals surface area contributed by atoms with Gasteiger partial charge in [0, 0.05) is 26.1 Å². The van der Waals surface area contributed by atoms with E-state index in [1.54, 1.807) is 4.68 Å². The van der Waals surface area contributed by atoms with Gasteiger partial charge >= 0.3 is 0 Å². The zero-order valence-electron chi connectivity index (χ0n) is 8.94. The first-order chi connectivity index (χ1) is 6.59. The average Bonchev–Trinajstić information content (AvgIpc) is 2.49. The number of aliphatic hydroxyl groups excluding tert-OH is 1. The van der Waals surface area contributed by atoms with E-state index in [9.17, 15) is 5.11 Å². The maximum absolute atomic E-state index is 9.65. The van der Waals surface area contributed by atoms with E-state index in [2.05, 4.69) is 29.2 Å². The molecule has 5 heteroatoms. The SMILES string of the molecule is CC(C)NCC(O)Cc1ncnn1C. The average molecular weight is 198 g/mol. The number of aromatic nitrogens is 3. The smallest absolute Gasteiger partial charge is 0.138 e. The van der Waals surface area contributed by atoms with Gasteiger partial charge in [-0.25, -0.2) is 4.98 Å². The quantitative estimate of drug-likeness (QED) is 0.683. The summed E-state index contributed by atoms with van der Waals surface area (Å²) in [7, 11) is 1.82. The Hall–Kier alpha value is -0.940. The molecular formula is C9H18N4O. The molecule has 1 rings (SSSR count). The molecule has 14 heavy (non-hydrogen) atoms. The molecule has 0 aliphatic rings. The van der Waals surface area contributed by atoms with E-state index >= 15 is 0 Å². The lowest BCUT2D eigenvalue weighted by molar-refractivity contribution is 0.165. The molecule has 0 amide bonds. The van der Waals surface area contributed by atoms with Gasteiger partial charge in [0.2, 0.25) is 0 Å². The van der Waals surface area contributed by atoms with Gasteiger partial charge in [-0.1, -0.05) is 13.8 Å². The van der Waals surface area contributed by atoms with Crippen LogP contribution in [0.5, 0.6) is 0 Å². The Kier molecular flexibility index (Phi) is 4.03. The summed E-state index contributed by atoms with van der Waals surface area (Å²) in [5, 5.41) is 16.8. The summed E-state index contributed by atoms with van der Waals surface area (Å²) in [6.45, 7) is 4.69. The Balaban J connectivity index is 2.34. The standard InChI is InChI=1S/C9H18N4O/c1-7(2)10-5-8(14)4-9-11-6-12-13(9)3/h6-8,10,14H,4-5H2,1-3H3. The molecule has 0 bridgehead atoms. The largest absolute Gasteiger partial charge is 0.391 e. The fourth-order valence-electron chi connectivity index (χ4n) is 1.16. The molecule has 5 nitrogen and oxygen atoms in total. The van der Waals surface area contributed by atoms with Crippen molar-refractivity contribution in [1.29, 1.82) is 0 Å². The summed E-state index contributed by atoms with van der Waals surface area (Å²) in [6, 6.07) is 0.393. The molecule has 1 aromatic rings. The molecule has 1 aromatic heterocycles. The van der Waals surface area contributed by atoms with Crippen LogP contribution in [0.2, 0.25) is 0 Å². The second-order valence-corrected chi connectivity index (χ2v) is 3.72. The van der Waals surface area contributed by atoms with Gasteiger partial charge in [-0.3, -0.25) is 4.68 Å². The van der Waals surface area contributed by atoms with Crippen LogP contribution in [-0.2, 0) is 13.5 Å². The summed E-state index contributed by atoms with van der Waals surface area (Å²) < 4.78 is 1.68.